The third-order valence-electron chi connectivity index (χ3n) is 5.02. The molecule has 7 heteroatoms. The van der Waals surface area contributed by atoms with Crippen LogP contribution >= 0.6 is 0 Å². The van der Waals surface area contributed by atoms with Crippen LogP contribution in [-0.2, 0) is 6.42 Å². The Morgan fingerprint density at radius 2 is 2.04 bits per heavy atom. The Kier molecular flexibility index (Phi) is 3.97. The van der Waals surface area contributed by atoms with Gasteiger partial charge in [0.15, 0.2) is 0 Å². The number of nitrogens with one attached hydrogen (secondary N) is 1. The summed E-state index contributed by atoms with van der Waals surface area (Å²) < 4.78 is 1.75. The number of hydrogen-bond acceptors (Lipinski definition) is 4. The number of imidazole rings is 1. The molecule has 1 atom stereocenters. The van der Waals surface area contributed by atoms with E-state index in [1.807, 2.05) is 59.6 Å². The average molecular weight is 370 g/mol. The van der Waals surface area contributed by atoms with Crippen molar-refractivity contribution in [3.05, 3.63) is 96.1 Å². The minimum absolute atomic E-state index is 0.0432. The Morgan fingerprint density at radius 3 is 2.86 bits per heavy atom. The second-order valence-electron chi connectivity index (χ2n) is 6.67. The van der Waals surface area contributed by atoms with E-state index >= 15 is 0 Å². The van der Waals surface area contributed by atoms with Crippen LogP contribution < -0.4 is 0 Å². The number of H-pyrrole nitrogens is 1. The van der Waals surface area contributed by atoms with Crippen molar-refractivity contribution in [1.29, 1.82) is 0 Å². The van der Waals surface area contributed by atoms with E-state index in [-0.39, 0.29) is 11.9 Å². The van der Waals surface area contributed by atoms with E-state index in [1.165, 1.54) is 0 Å². The predicted molar refractivity (Wildman–Crippen MR) is 103 cm³/mol. The van der Waals surface area contributed by atoms with Gasteiger partial charge in [0.05, 0.1) is 23.4 Å². The van der Waals surface area contributed by atoms with E-state index in [2.05, 4.69) is 20.1 Å². The van der Waals surface area contributed by atoms with Crippen LogP contribution in [0.3, 0.4) is 0 Å². The van der Waals surface area contributed by atoms with E-state index in [1.54, 1.807) is 23.4 Å². The van der Waals surface area contributed by atoms with Crippen LogP contribution in [0.2, 0.25) is 0 Å². The maximum Gasteiger partial charge on any atom is 0.254 e. The van der Waals surface area contributed by atoms with Crippen molar-refractivity contribution in [3.8, 4) is 5.69 Å². The van der Waals surface area contributed by atoms with Gasteiger partial charge in [0.25, 0.3) is 5.91 Å². The zero-order chi connectivity index (χ0) is 18.9. The molecule has 7 nitrogen and oxygen atoms in total. The monoisotopic (exact) mass is 370 g/mol. The number of rotatable bonds is 3. The van der Waals surface area contributed by atoms with Crippen LogP contribution in [0.4, 0.5) is 0 Å². The average Bonchev–Trinajstić information content (AvgIpc) is 3.45. The molecule has 4 heterocycles. The first kappa shape index (κ1) is 16.4. The van der Waals surface area contributed by atoms with Gasteiger partial charge >= 0.3 is 0 Å². The Balaban J connectivity index is 1.54. The standard InChI is InChI=1S/C21H18N6O/c28-21(15-5-3-6-16(13-15)27-11-4-10-25-27)26-12-8-17-19(24-14-23-17)20(26)18-7-1-2-9-22-18/h1-7,9-11,13-14,20H,8,12H2,(H,23,24)/t20-/m1/s1. The number of hydrogen-bond donors (Lipinski definition) is 1. The number of aromatic amines is 1. The number of carbonyl (C=O) groups excluding carboxylic acids is 1. The molecule has 0 bridgehead atoms. The van der Waals surface area contributed by atoms with Crippen molar-refractivity contribution in [2.45, 2.75) is 12.5 Å². The molecule has 0 fully saturated rings. The second-order valence-corrected chi connectivity index (χ2v) is 6.67. The topological polar surface area (TPSA) is 79.7 Å². The molecule has 1 aliphatic rings. The predicted octanol–water partition coefficient (Wildman–Crippen LogP) is 2.78. The SMILES string of the molecule is O=C(c1cccc(-n2cccn2)c1)N1CCc2[nH]cnc2[C@H]1c1ccccn1. The summed E-state index contributed by atoms with van der Waals surface area (Å²) in [5.41, 5.74) is 4.20. The Morgan fingerprint density at radius 1 is 1.07 bits per heavy atom. The summed E-state index contributed by atoms with van der Waals surface area (Å²) in [5, 5.41) is 4.25. The van der Waals surface area contributed by atoms with Gasteiger partial charge in [0.1, 0.15) is 6.04 Å². The minimum atomic E-state index is -0.308. The lowest BCUT2D eigenvalue weighted by Crippen LogP contribution is -2.41. The molecule has 1 aromatic carbocycles. The van der Waals surface area contributed by atoms with Gasteiger partial charge in [0, 0.05) is 42.8 Å². The van der Waals surface area contributed by atoms with Crippen molar-refractivity contribution in [1.82, 2.24) is 29.6 Å². The molecule has 138 valence electrons. The van der Waals surface area contributed by atoms with E-state index in [9.17, 15) is 4.79 Å². The van der Waals surface area contributed by atoms with Crippen molar-refractivity contribution in [3.63, 3.8) is 0 Å². The van der Waals surface area contributed by atoms with Gasteiger partial charge in [-0.15, -0.1) is 0 Å². The summed E-state index contributed by atoms with van der Waals surface area (Å²) in [6.07, 6.45) is 7.75. The number of amides is 1. The number of pyridine rings is 1. The van der Waals surface area contributed by atoms with Gasteiger partial charge in [-0.2, -0.15) is 5.10 Å². The fraction of sp³-hybridized carbons (Fsp3) is 0.143. The van der Waals surface area contributed by atoms with Crippen molar-refractivity contribution in [2.24, 2.45) is 0 Å². The molecule has 0 unspecified atom stereocenters. The molecule has 0 radical (unpaired) electrons. The second kappa shape index (κ2) is 6.77. The normalized spacial score (nSPS) is 16.0. The molecular formula is C21H18N6O. The summed E-state index contributed by atoms with van der Waals surface area (Å²) >= 11 is 0. The highest BCUT2D eigenvalue weighted by atomic mass is 16.2. The maximum atomic E-state index is 13.5. The summed E-state index contributed by atoms with van der Waals surface area (Å²) in [4.78, 5) is 27.5. The van der Waals surface area contributed by atoms with Gasteiger partial charge in [-0.25, -0.2) is 9.67 Å². The fourth-order valence-electron chi connectivity index (χ4n) is 3.70. The lowest BCUT2D eigenvalue weighted by Gasteiger charge is -2.34. The first-order valence-corrected chi connectivity index (χ1v) is 9.15. The van der Waals surface area contributed by atoms with E-state index < -0.39 is 0 Å². The number of benzene rings is 1. The molecule has 1 amide bonds. The first-order valence-electron chi connectivity index (χ1n) is 9.15. The first-order chi connectivity index (χ1) is 13.8. The summed E-state index contributed by atoms with van der Waals surface area (Å²) in [5.74, 6) is -0.0432. The Labute approximate surface area is 161 Å². The fourth-order valence-corrected chi connectivity index (χ4v) is 3.70. The highest BCUT2D eigenvalue weighted by Crippen LogP contribution is 2.33. The lowest BCUT2D eigenvalue weighted by molar-refractivity contribution is 0.0687. The lowest BCUT2D eigenvalue weighted by atomic mass is 9.98. The molecule has 0 saturated heterocycles. The van der Waals surface area contributed by atoms with Crippen LogP contribution in [0, 0.1) is 0 Å². The van der Waals surface area contributed by atoms with E-state index in [4.69, 9.17) is 0 Å². The molecule has 0 spiro atoms. The van der Waals surface area contributed by atoms with Gasteiger partial charge in [0.2, 0.25) is 0 Å². The van der Waals surface area contributed by atoms with Crippen molar-refractivity contribution < 1.29 is 4.79 Å². The molecule has 1 aliphatic heterocycles. The third kappa shape index (κ3) is 2.77. The third-order valence-corrected chi connectivity index (χ3v) is 5.02. The number of nitrogens with zero attached hydrogens (tertiary/aromatic N) is 5. The Hall–Kier alpha value is -3.74. The smallest absolute Gasteiger partial charge is 0.254 e. The Bertz CT molecular complexity index is 1100. The van der Waals surface area contributed by atoms with Crippen LogP contribution in [0.25, 0.3) is 5.69 Å². The molecule has 3 aromatic heterocycles. The molecule has 1 N–H and O–H groups in total. The van der Waals surface area contributed by atoms with Crippen molar-refractivity contribution in [2.75, 3.05) is 6.54 Å². The summed E-state index contributed by atoms with van der Waals surface area (Å²) in [6, 6.07) is 14.8. The summed E-state index contributed by atoms with van der Waals surface area (Å²) in [6.45, 7) is 0.598. The quantitative estimate of drug-likeness (QED) is 0.601. The maximum absolute atomic E-state index is 13.5. The minimum Gasteiger partial charge on any atom is -0.348 e. The number of carbonyl (C=O) groups is 1. The largest absolute Gasteiger partial charge is 0.348 e. The van der Waals surface area contributed by atoms with E-state index in [0.29, 0.717) is 12.1 Å². The molecule has 4 aromatic rings. The van der Waals surface area contributed by atoms with Gasteiger partial charge in [-0.1, -0.05) is 12.1 Å². The molecule has 0 saturated carbocycles. The number of aromatic nitrogens is 5. The van der Waals surface area contributed by atoms with E-state index in [0.717, 1.165) is 29.2 Å². The molecule has 28 heavy (non-hydrogen) atoms. The molecule has 5 rings (SSSR count). The van der Waals surface area contributed by atoms with Crippen LogP contribution in [0.1, 0.15) is 33.5 Å². The molecule has 0 aliphatic carbocycles. The zero-order valence-corrected chi connectivity index (χ0v) is 15.1. The number of fused-ring (bicyclic) bond motifs is 1. The highest BCUT2D eigenvalue weighted by molar-refractivity contribution is 5.95. The zero-order valence-electron chi connectivity index (χ0n) is 15.1. The van der Waals surface area contributed by atoms with Gasteiger partial charge in [-0.05, 0) is 36.4 Å². The van der Waals surface area contributed by atoms with Crippen LogP contribution in [-0.4, -0.2) is 42.1 Å². The highest BCUT2D eigenvalue weighted by Gasteiger charge is 2.35. The molecular weight excluding hydrogens is 352 g/mol. The van der Waals surface area contributed by atoms with Crippen molar-refractivity contribution >= 4 is 5.91 Å². The van der Waals surface area contributed by atoms with Crippen LogP contribution in [0.5, 0.6) is 0 Å². The summed E-state index contributed by atoms with van der Waals surface area (Å²) in [7, 11) is 0. The van der Waals surface area contributed by atoms with Crippen LogP contribution in [0.15, 0.2) is 73.4 Å². The van der Waals surface area contributed by atoms with Gasteiger partial charge < -0.3 is 9.88 Å². The van der Waals surface area contributed by atoms with Gasteiger partial charge in [-0.3, -0.25) is 9.78 Å².